The zero-order chi connectivity index (χ0) is 16.6. The second-order valence-corrected chi connectivity index (χ2v) is 7.71. The van der Waals surface area contributed by atoms with Gasteiger partial charge in [0.15, 0.2) is 0 Å². The van der Waals surface area contributed by atoms with Crippen LogP contribution in [0.15, 0.2) is 28.8 Å². The SMILES string of the molecule is c1cc(CN2CCCCC2)cc(-c2noc([C@@H]3C[C@@H]4CC[C@@H]3O4)n2)c1. The molecule has 0 radical (unpaired) electrons. The molecule has 1 aromatic carbocycles. The van der Waals surface area contributed by atoms with E-state index in [1.54, 1.807) is 0 Å². The van der Waals surface area contributed by atoms with Crippen molar-refractivity contribution in [3.63, 3.8) is 0 Å². The molecule has 0 spiro atoms. The van der Waals surface area contributed by atoms with Crippen LogP contribution in [0.3, 0.4) is 0 Å². The maximum absolute atomic E-state index is 5.92. The fourth-order valence-corrected chi connectivity index (χ4v) is 4.59. The van der Waals surface area contributed by atoms with Crippen molar-refractivity contribution in [2.24, 2.45) is 0 Å². The highest BCUT2D eigenvalue weighted by Crippen LogP contribution is 2.44. The fourth-order valence-electron chi connectivity index (χ4n) is 4.59. The first-order valence-corrected chi connectivity index (χ1v) is 9.66. The predicted octanol–water partition coefficient (Wildman–Crippen LogP) is 3.76. The molecule has 3 saturated heterocycles. The lowest BCUT2D eigenvalue weighted by Crippen LogP contribution is -2.29. The summed E-state index contributed by atoms with van der Waals surface area (Å²) in [6, 6.07) is 8.58. The van der Waals surface area contributed by atoms with Crippen LogP contribution in [0.5, 0.6) is 0 Å². The average molecular weight is 339 g/mol. The Bertz CT molecular complexity index is 738. The minimum atomic E-state index is 0.281. The highest BCUT2D eigenvalue weighted by atomic mass is 16.5. The van der Waals surface area contributed by atoms with E-state index < -0.39 is 0 Å². The second kappa shape index (κ2) is 6.54. The molecular formula is C20H25N3O2. The Morgan fingerprint density at radius 1 is 1.12 bits per heavy atom. The first kappa shape index (κ1) is 15.5. The van der Waals surface area contributed by atoms with Gasteiger partial charge in [0.2, 0.25) is 11.7 Å². The van der Waals surface area contributed by atoms with Crippen LogP contribution in [-0.2, 0) is 11.3 Å². The van der Waals surface area contributed by atoms with Crippen molar-refractivity contribution < 1.29 is 9.26 Å². The molecule has 1 aromatic heterocycles. The summed E-state index contributed by atoms with van der Waals surface area (Å²) in [6.45, 7) is 3.43. The highest BCUT2D eigenvalue weighted by molar-refractivity contribution is 5.55. The highest BCUT2D eigenvalue weighted by Gasteiger charge is 2.44. The smallest absolute Gasteiger partial charge is 0.232 e. The third-order valence-corrected chi connectivity index (χ3v) is 5.90. The number of hydrogen-bond donors (Lipinski definition) is 0. The maximum Gasteiger partial charge on any atom is 0.232 e. The predicted molar refractivity (Wildman–Crippen MR) is 94.1 cm³/mol. The molecule has 132 valence electrons. The van der Waals surface area contributed by atoms with E-state index in [1.165, 1.54) is 44.3 Å². The van der Waals surface area contributed by atoms with Crippen LogP contribution in [0.4, 0.5) is 0 Å². The van der Waals surface area contributed by atoms with Crippen LogP contribution < -0.4 is 0 Å². The second-order valence-electron chi connectivity index (χ2n) is 7.71. The fraction of sp³-hybridized carbons (Fsp3) is 0.600. The van der Waals surface area contributed by atoms with Crippen molar-refractivity contribution in [1.29, 1.82) is 0 Å². The summed E-state index contributed by atoms with van der Waals surface area (Å²) >= 11 is 0. The quantitative estimate of drug-likeness (QED) is 0.849. The Labute approximate surface area is 148 Å². The molecule has 5 rings (SSSR count). The topological polar surface area (TPSA) is 51.4 Å². The van der Waals surface area contributed by atoms with E-state index in [9.17, 15) is 0 Å². The van der Waals surface area contributed by atoms with Crippen molar-refractivity contribution in [1.82, 2.24) is 15.0 Å². The molecule has 3 fully saturated rings. The summed E-state index contributed by atoms with van der Waals surface area (Å²) in [6.07, 6.45) is 8.02. The van der Waals surface area contributed by atoms with E-state index in [1.807, 2.05) is 0 Å². The van der Waals surface area contributed by atoms with Gasteiger partial charge in [0.25, 0.3) is 0 Å². The molecule has 3 aliphatic heterocycles. The van der Waals surface area contributed by atoms with Gasteiger partial charge in [-0.3, -0.25) is 4.90 Å². The molecule has 5 nitrogen and oxygen atoms in total. The van der Waals surface area contributed by atoms with Crippen LogP contribution in [0.25, 0.3) is 11.4 Å². The lowest BCUT2D eigenvalue weighted by atomic mass is 9.89. The molecule has 2 aromatic rings. The van der Waals surface area contributed by atoms with Gasteiger partial charge in [0, 0.05) is 12.1 Å². The summed E-state index contributed by atoms with van der Waals surface area (Å²) in [7, 11) is 0. The van der Waals surface area contributed by atoms with Crippen LogP contribution in [0.1, 0.15) is 55.9 Å². The Kier molecular flexibility index (Phi) is 4.06. The molecule has 3 atom stereocenters. The molecule has 2 bridgehead atoms. The molecular weight excluding hydrogens is 314 g/mol. The van der Waals surface area contributed by atoms with Crippen molar-refractivity contribution in [3.05, 3.63) is 35.7 Å². The van der Waals surface area contributed by atoms with Gasteiger partial charge in [-0.1, -0.05) is 29.8 Å². The lowest BCUT2D eigenvalue weighted by molar-refractivity contribution is 0.0974. The zero-order valence-electron chi connectivity index (χ0n) is 14.6. The first-order chi connectivity index (χ1) is 12.3. The van der Waals surface area contributed by atoms with Gasteiger partial charge in [0.05, 0.1) is 18.1 Å². The number of hydrogen-bond acceptors (Lipinski definition) is 5. The summed E-state index contributed by atoms with van der Waals surface area (Å²) in [5.74, 6) is 1.75. The van der Waals surface area contributed by atoms with Crippen molar-refractivity contribution in [2.45, 2.75) is 63.2 Å². The van der Waals surface area contributed by atoms with Crippen molar-refractivity contribution in [2.75, 3.05) is 13.1 Å². The Morgan fingerprint density at radius 3 is 2.84 bits per heavy atom. The summed E-state index contributed by atoms with van der Waals surface area (Å²) in [5, 5.41) is 4.25. The zero-order valence-corrected chi connectivity index (χ0v) is 14.6. The molecule has 4 heterocycles. The van der Waals surface area contributed by atoms with E-state index >= 15 is 0 Å². The van der Waals surface area contributed by atoms with Gasteiger partial charge >= 0.3 is 0 Å². The minimum absolute atomic E-state index is 0.281. The number of piperidine rings is 1. The third kappa shape index (κ3) is 3.11. The molecule has 0 unspecified atom stereocenters. The Hall–Kier alpha value is -1.72. The average Bonchev–Trinajstić information content (AvgIpc) is 3.39. The van der Waals surface area contributed by atoms with Gasteiger partial charge in [-0.15, -0.1) is 0 Å². The Balaban J connectivity index is 1.32. The largest absolute Gasteiger partial charge is 0.374 e. The Morgan fingerprint density at radius 2 is 2.04 bits per heavy atom. The van der Waals surface area contributed by atoms with E-state index in [0.717, 1.165) is 30.8 Å². The monoisotopic (exact) mass is 339 g/mol. The molecule has 3 aliphatic rings. The summed E-state index contributed by atoms with van der Waals surface area (Å²) in [5.41, 5.74) is 2.38. The number of nitrogens with zero attached hydrogens (tertiary/aromatic N) is 3. The molecule has 0 saturated carbocycles. The number of aromatic nitrogens is 2. The normalized spacial score (nSPS) is 29.4. The molecule has 0 amide bonds. The number of rotatable bonds is 4. The number of benzene rings is 1. The minimum Gasteiger partial charge on any atom is -0.374 e. The number of fused-ring (bicyclic) bond motifs is 2. The van der Waals surface area contributed by atoms with Crippen LogP contribution >= 0.6 is 0 Å². The third-order valence-electron chi connectivity index (χ3n) is 5.90. The van der Waals surface area contributed by atoms with Crippen LogP contribution in [0, 0.1) is 0 Å². The van der Waals surface area contributed by atoms with Gasteiger partial charge in [-0.2, -0.15) is 4.98 Å². The van der Waals surface area contributed by atoms with Gasteiger partial charge in [-0.25, -0.2) is 0 Å². The van der Waals surface area contributed by atoms with E-state index in [2.05, 4.69) is 34.3 Å². The van der Waals surface area contributed by atoms with Gasteiger partial charge < -0.3 is 9.26 Å². The standard InChI is InChI=1S/C20H25N3O2/c1-2-9-23(10-3-1)13-14-5-4-6-15(11-14)19-21-20(25-22-19)17-12-16-7-8-18(17)24-16/h4-6,11,16-18H,1-3,7-10,12-13H2/t16-,17+,18-/m0/s1. The molecule has 0 aliphatic carbocycles. The first-order valence-electron chi connectivity index (χ1n) is 9.66. The lowest BCUT2D eigenvalue weighted by Gasteiger charge is -2.26. The number of likely N-dealkylation sites (tertiary alicyclic amines) is 1. The van der Waals surface area contributed by atoms with Crippen molar-refractivity contribution in [3.8, 4) is 11.4 Å². The molecule has 5 heteroatoms. The molecule has 25 heavy (non-hydrogen) atoms. The molecule has 0 N–H and O–H groups in total. The van der Waals surface area contributed by atoms with E-state index in [-0.39, 0.29) is 12.0 Å². The summed E-state index contributed by atoms with van der Waals surface area (Å²) in [4.78, 5) is 7.24. The van der Waals surface area contributed by atoms with Crippen LogP contribution in [0.2, 0.25) is 0 Å². The van der Waals surface area contributed by atoms with Gasteiger partial charge in [-0.05, 0) is 56.8 Å². The van der Waals surface area contributed by atoms with E-state index in [0.29, 0.717) is 11.9 Å². The number of ether oxygens (including phenoxy) is 1. The van der Waals surface area contributed by atoms with Crippen LogP contribution in [-0.4, -0.2) is 40.3 Å². The van der Waals surface area contributed by atoms with Gasteiger partial charge in [0.1, 0.15) is 0 Å². The maximum atomic E-state index is 5.92. The van der Waals surface area contributed by atoms with E-state index in [4.69, 9.17) is 14.2 Å². The van der Waals surface area contributed by atoms with Crippen molar-refractivity contribution >= 4 is 0 Å². The summed E-state index contributed by atoms with van der Waals surface area (Å²) < 4.78 is 11.5.